The minimum atomic E-state index is -4.45. The molecule has 0 saturated heterocycles. The third-order valence-corrected chi connectivity index (χ3v) is 1.95. The molecular formula is C9H11F3N2O2. The number of nitrogens with zero attached hydrogens (tertiary/aromatic N) is 2. The summed E-state index contributed by atoms with van der Waals surface area (Å²) in [7, 11) is 0. The van der Waals surface area contributed by atoms with E-state index >= 15 is 0 Å². The summed E-state index contributed by atoms with van der Waals surface area (Å²) in [5.74, 6) is -0.612. The fourth-order valence-corrected chi connectivity index (χ4v) is 1.07. The molecule has 0 N–H and O–H groups in total. The smallest absolute Gasteiger partial charge is 0.419 e. The second-order valence-electron chi connectivity index (χ2n) is 3.13. The van der Waals surface area contributed by atoms with E-state index in [2.05, 4.69) is 9.84 Å². The van der Waals surface area contributed by atoms with Crippen LogP contribution in [0.15, 0.2) is 12.4 Å². The third kappa shape index (κ3) is 2.74. The van der Waals surface area contributed by atoms with Crippen molar-refractivity contribution < 1.29 is 22.7 Å². The third-order valence-electron chi connectivity index (χ3n) is 1.95. The second-order valence-corrected chi connectivity index (χ2v) is 3.13. The number of aromatic nitrogens is 2. The number of hydrogen-bond acceptors (Lipinski definition) is 3. The van der Waals surface area contributed by atoms with Crippen LogP contribution >= 0.6 is 0 Å². The number of hydrogen-bond donors (Lipinski definition) is 0. The van der Waals surface area contributed by atoms with Crippen LogP contribution in [0.1, 0.15) is 25.5 Å². The SMILES string of the molecule is CCOC(=O)C(C)n1cc(C(F)(F)F)cn1. The monoisotopic (exact) mass is 236 g/mol. The standard InChI is InChI=1S/C9H11F3N2O2/c1-3-16-8(15)6(2)14-5-7(4-13-14)9(10,11)12/h4-6H,3H2,1-2H3. The lowest BCUT2D eigenvalue weighted by molar-refractivity contribution is -0.147. The molecule has 1 aromatic heterocycles. The van der Waals surface area contributed by atoms with Crippen molar-refractivity contribution in [1.82, 2.24) is 9.78 Å². The van der Waals surface area contributed by atoms with E-state index in [1.54, 1.807) is 6.92 Å². The zero-order valence-electron chi connectivity index (χ0n) is 8.78. The molecule has 0 fully saturated rings. The predicted octanol–water partition coefficient (Wildman–Crippen LogP) is 2.03. The molecule has 0 amide bonds. The maximum absolute atomic E-state index is 12.2. The van der Waals surface area contributed by atoms with Gasteiger partial charge in [-0.05, 0) is 13.8 Å². The molecule has 0 aliphatic carbocycles. The average molecular weight is 236 g/mol. The van der Waals surface area contributed by atoms with Gasteiger partial charge in [0.15, 0.2) is 0 Å². The molecule has 0 aliphatic rings. The molecule has 0 aromatic carbocycles. The van der Waals surface area contributed by atoms with Gasteiger partial charge in [0.25, 0.3) is 0 Å². The van der Waals surface area contributed by atoms with Crippen LogP contribution in [0.3, 0.4) is 0 Å². The van der Waals surface area contributed by atoms with Crippen molar-refractivity contribution in [3.63, 3.8) is 0 Å². The topological polar surface area (TPSA) is 44.1 Å². The van der Waals surface area contributed by atoms with E-state index in [1.807, 2.05) is 0 Å². The molecule has 90 valence electrons. The molecule has 1 atom stereocenters. The largest absolute Gasteiger partial charge is 0.464 e. The number of carbonyl (C=O) groups is 1. The van der Waals surface area contributed by atoms with E-state index in [-0.39, 0.29) is 6.61 Å². The van der Waals surface area contributed by atoms with Gasteiger partial charge in [-0.25, -0.2) is 4.79 Å². The van der Waals surface area contributed by atoms with E-state index in [0.717, 1.165) is 10.9 Å². The Morgan fingerprint density at radius 1 is 1.62 bits per heavy atom. The first-order chi connectivity index (χ1) is 7.36. The van der Waals surface area contributed by atoms with Gasteiger partial charge < -0.3 is 4.74 Å². The molecule has 0 spiro atoms. The minimum Gasteiger partial charge on any atom is -0.464 e. The Bertz CT molecular complexity index is 373. The zero-order chi connectivity index (χ0) is 12.3. The highest BCUT2D eigenvalue weighted by Gasteiger charge is 2.33. The molecule has 16 heavy (non-hydrogen) atoms. The van der Waals surface area contributed by atoms with Gasteiger partial charge in [-0.2, -0.15) is 18.3 Å². The lowest BCUT2D eigenvalue weighted by atomic mass is 10.3. The number of halogens is 3. The maximum Gasteiger partial charge on any atom is 0.419 e. The summed E-state index contributed by atoms with van der Waals surface area (Å²) in [5.41, 5.74) is -0.886. The highest BCUT2D eigenvalue weighted by atomic mass is 19.4. The van der Waals surface area contributed by atoms with Crippen LogP contribution < -0.4 is 0 Å². The molecule has 0 saturated carbocycles. The Hall–Kier alpha value is -1.53. The van der Waals surface area contributed by atoms with Crippen molar-refractivity contribution in [3.05, 3.63) is 18.0 Å². The quantitative estimate of drug-likeness (QED) is 0.754. The molecule has 1 aromatic rings. The molecule has 1 rings (SSSR count). The second kappa shape index (κ2) is 4.54. The molecule has 0 aliphatic heterocycles. The van der Waals surface area contributed by atoms with Crippen LogP contribution in [0, 0.1) is 0 Å². The first-order valence-corrected chi connectivity index (χ1v) is 4.64. The van der Waals surface area contributed by atoms with E-state index < -0.39 is 23.8 Å². The van der Waals surface area contributed by atoms with Gasteiger partial charge in [0.1, 0.15) is 6.04 Å². The van der Waals surface area contributed by atoms with Crippen LogP contribution in [0.2, 0.25) is 0 Å². The van der Waals surface area contributed by atoms with Crippen LogP contribution in [0.25, 0.3) is 0 Å². The summed E-state index contributed by atoms with van der Waals surface area (Å²) < 4.78 is 42.3. The fraction of sp³-hybridized carbons (Fsp3) is 0.556. The first-order valence-electron chi connectivity index (χ1n) is 4.64. The average Bonchev–Trinajstić information content (AvgIpc) is 2.65. The molecular weight excluding hydrogens is 225 g/mol. The van der Waals surface area contributed by atoms with Gasteiger partial charge in [-0.1, -0.05) is 0 Å². The maximum atomic E-state index is 12.2. The van der Waals surface area contributed by atoms with Gasteiger partial charge in [-0.3, -0.25) is 4.68 Å². The molecule has 4 nitrogen and oxygen atoms in total. The normalized spacial score (nSPS) is 13.6. The number of esters is 1. The first kappa shape index (κ1) is 12.5. The Kier molecular flexibility index (Phi) is 3.56. The van der Waals surface area contributed by atoms with Crippen molar-refractivity contribution in [1.29, 1.82) is 0 Å². The predicted molar refractivity (Wildman–Crippen MR) is 48.6 cm³/mol. The fourth-order valence-electron chi connectivity index (χ4n) is 1.07. The summed E-state index contributed by atoms with van der Waals surface area (Å²) >= 11 is 0. The van der Waals surface area contributed by atoms with Gasteiger partial charge in [0.2, 0.25) is 0 Å². The lowest BCUT2D eigenvalue weighted by Crippen LogP contribution is -2.19. The van der Waals surface area contributed by atoms with E-state index in [9.17, 15) is 18.0 Å². The Morgan fingerprint density at radius 2 is 2.25 bits per heavy atom. The van der Waals surface area contributed by atoms with Crippen LogP contribution in [0.4, 0.5) is 13.2 Å². The number of ether oxygens (including phenoxy) is 1. The highest BCUT2D eigenvalue weighted by Crippen LogP contribution is 2.29. The summed E-state index contributed by atoms with van der Waals surface area (Å²) in [6.45, 7) is 3.22. The van der Waals surface area contributed by atoms with Crippen molar-refractivity contribution in [2.75, 3.05) is 6.61 Å². The summed E-state index contributed by atoms with van der Waals surface area (Å²) in [5, 5.41) is 3.48. The van der Waals surface area contributed by atoms with E-state index in [1.165, 1.54) is 6.92 Å². The van der Waals surface area contributed by atoms with Crippen LogP contribution in [0.5, 0.6) is 0 Å². The highest BCUT2D eigenvalue weighted by molar-refractivity contribution is 5.73. The van der Waals surface area contributed by atoms with Gasteiger partial charge in [0.05, 0.1) is 18.4 Å². The zero-order valence-corrected chi connectivity index (χ0v) is 8.78. The molecule has 1 heterocycles. The minimum absolute atomic E-state index is 0.177. The van der Waals surface area contributed by atoms with Crippen molar-refractivity contribution in [2.45, 2.75) is 26.1 Å². The Balaban J connectivity index is 2.82. The molecule has 1 unspecified atom stereocenters. The van der Waals surface area contributed by atoms with E-state index in [4.69, 9.17) is 0 Å². The summed E-state index contributed by atoms with van der Waals surface area (Å²) in [6, 6.07) is -0.865. The van der Waals surface area contributed by atoms with Crippen molar-refractivity contribution >= 4 is 5.97 Å². The van der Waals surface area contributed by atoms with Crippen molar-refractivity contribution in [2.24, 2.45) is 0 Å². The molecule has 7 heteroatoms. The Labute approximate surface area is 90.0 Å². The summed E-state index contributed by atoms with van der Waals surface area (Å²) in [6.07, 6.45) is -3.00. The van der Waals surface area contributed by atoms with Gasteiger partial charge in [0, 0.05) is 6.20 Å². The number of alkyl halides is 3. The lowest BCUT2D eigenvalue weighted by Gasteiger charge is -2.10. The number of rotatable bonds is 3. The Morgan fingerprint density at radius 3 is 2.69 bits per heavy atom. The molecule has 0 radical (unpaired) electrons. The van der Waals surface area contributed by atoms with Crippen LogP contribution in [-0.2, 0) is 15.7 Å². The van der Waals surface area contributed by atoms with E-state index in [0.29, 0.717) is 6.20 Å². The van der Waals surface area contributed by atoms with Gasteiger partial charge >= 0.3 is 12.1 Å². The molecule has 0 bridgehead atoms. The van der Waals surface area contributed by atoms with Crippen molar-refractivity contribution in [3.8, 4) is 0 Å². The number of carbonyl (C=O) groups excluding carboxylic acids is 1. The van der Waals surface area contributed by atoms with Gasteiger partial charge in [-0.15, -0.1) is 0 Å². The summed E-state index contributed by atoms with van der Waals surface area (Å²) in [4.78, 5) is 11.2. The van der Waals surface area contributed by atoms with Crippen LogP contribution in [-0.4, -0.2) is 22.4 Å².